The summed E-state index contributed by atoms with van der Waals surface area (Å²) in [5.74, 6) is 0. The molecule has 5 nitrogen and oxygen atoms in total. The Labute approximate surface area is 124 Å². The highest BCUT2D eigenvalue weighted by Gasteiger charge is 2.45. The Balaban J connectivity index is 2.21. The second kappa shape index (κ2) is 5.34. The molecule has 5 heteroatoms. The van der Waals surface area contributed by atoms with Gasteiger partial charge in [-0.2, -0.15) is 4.99 Å². The predicted octanol–water partition coefficient (Wildman–Crippen LogP) is 3.67. The molecule has 0 heterocycles. The van der Waals surface area contributed by atoms with Crippen LogP contribution in [0.2, 0.25) is 0 Å². The van der Waals surface area contributed by atoms with Crippen LogP contribution in [0.4, 0.5) is 10.5 Å². The van der Waals surface area contributed by atoms with Gasteiger partial charge in [-0.15, -0.1) is 0 Å². The number of ether oxygens (including phenoxy) is 1. The van der Waals surface area contributed by atoms with Gasteiger partial charge >= 0.3 is 6.09 Å². The van der Waals surface area contributed by atoms with E-state index in [2.05, 4.69) is 10.3 Å². The minimum atomic E-state index is -0.547. The van der Waals surface area contributed by atoms with Gasteiger partial charge in [0.25, 0.3) is 0 Å². The Kier molecular flexibility index (Phi) is 3.88. The number of carbonyl (C=O) groups is 1. The predicted molar refractivity (Wildman–Crippen MR) is 80.1 cm³/mol. The van der Waals surface area contributed by atoms with Crippen LogP contribution in [0.1, 0.15) is 44.7 Å². The highest BCUT2D eigenvalue weighted by atomic mass is 16.6. The molecule has 112 valence electrons. The van der Waals surface area contributed by atoms with Crippen molar-refractivity contribution in [2.24, 2.45) is 4.99 Å². The van der Waals surface area contributed by atoms with Crippen LogP contribution < -0.4 is 5.32 Å². The van der Waals surface area contributed by atoms with Gasteiger partial charge in [0, 0.05) is 5.69 Å². The number of isocyanates is 1. The zero-order valence-electron chi connectivity index (χ0n) is 12.8. The molecule has 0 unspecified atom stereocenters. The van der Waals surface area contributed by atoms with Crippen molar-refractivity contribution in [3.8, 4) is 0 Å². The minimum absolute atomic E-state index is 0.445. The molecule has 2 rings (SSSR count). The number of aryl methyl sites for hydroxylation is 1. The van der Waals surface area contributed by atoms with Crippen LogP contribution in [-0.4, -0.2) is 17.8 Å². The monoisotopic (exact) mass is 288 g/mol. The number of nitrogens with zero attached hydrogens (tertiary/aromatic N) is 1. The third kappa shape index (κ3) is 3.70. The average molecular weight is 288 g/mol. The molecule has 0 spiro atoms. The fourth-order valence-electron chi connectivity index (χ4n) is 2.13. The van der Waals surface area contributed by atoms with Crippen LogP contribution in [0.15, 0.2) is 23.2 Å². The fraction of sp³-hybridized carbons (Fsp3) is 0.500. The number of anilines is 1. The molecule has 0 saturated heterocycles. The van der Waals surface area contributed by atoms with E-state index < -0.39 is 17.2 Å². The Hall–Kier alpha value is -2.13. The zero-order valence-corrected chi connectivity index (χ0v) is 12.8. The number of rotatable bonds is 3. The van der Waals surface area contributed by atoms with E-state index in [0.717, 1.165) is 24.0 Å². The molecule has 1 N–H and O–H groups in total. The first-order valence-electron chi connectivity index (χ1n) is 6.96. The molecule has 0 bridgehead atoms. The molecule has 1 fully saturated rings. The summed E-state index contributed by atoms with van der Waals surface area (Å²) in [6, 6.07) is 5.69. The van der Waals surface area contributed by atoms with Gasteiger partial charge in [-0.05, 0) is 57.7 Å². The summed E-state index contributed by atoms with van der Waals surface area (Å²) >= 11 is 0. The summed E-state index contributed by atoms with van der Waals surface area (Å²) in [6.45, 7) is 7.34. The van der Waals surface area contributed by atoms with E-state index >= 15 is 0 Å². The standard InChI is InChI=1S/C16H20N2O3/c1-11-5-6-12(16(7-8-16)17-10-19)9-13(11)18-14(20)21-15(2,3)4/h5-6,9H,7-8H2,1-4H3,(H,18,20). The van der Waals surface area contributed by atoms with E-state index in [-0.39, 0.29) is 0 Å². The van der Waals surface area contributed by atoms with E-state index in [4.69, 9.17) is 4.74 Å². The summed E-state index contributed by atoms with van der Waals surface area (Å²) in [7, 11) is 0. The van der Waals surface area contributed by atoms with Crippen LogP contribution in [0.5, 0.6) is 0 Å². The smallest absolute Gasteiger partial charge is 0.412 e. The van der Waals surface area contributed by atoms with E-state index in [0.29, 0.717) is 5.69 Å². The maximum absolute atomic E-state index is 11.9. The van der Waals surface area contributed by atoms with E-state index in [1.807, 2.05) is 45.9 Å². The Morgan fingerprint density at radius 1 is 1.38 bits per heavy atom. The number of hydrogen-bond donors (Lipinski definition) is 1. The minimum Gasteiger partial charge on any atom is -0.444 e. The number of nitrogens with one attached hydrogen (secondary N) is 1. The first kappa shape index (κ1) is 15.3. The van der Waals surface area contributed by atoms with Crippen LogP contribution in [0.25, 0.3) is 0 Å². The summed E-state index contributed by atoms with van der Waals surface area (Å²) in [4.78, 5) is 26.3. The van der Waals surface area contributed by atoms with Gasteiger partial charge in [-0.1, -0.05) is 12.1 Å². The van der Waals surface area contributed by atoms with E-state index in [1.54, 1.807) is 6.08 Å². The second-order valence-corrected chi connectivity index (χ2v) is 6.39. The highest BCUT2D eigenvalue weighted by molar-refractivity contribution is 5.86. The Morgan fingerprint density at radius 3 is 2.57 bits per heavy atom. The van der Waals surface area contributed by atoms with Crippen molar-refractivity contribution in [3.05, 3.63) is 29.3 Å². The summed E-state index contributed by atoms with van der Waals surface area (Å²) in [5, 5.41) is 2.75. The zero-order chi connectivity index (χ0) is 15.7. The first-order chi connectivity index (χ1) is 9.76. The van der Waals surface area contributed by atoms with Gasteiger partial charge in [0.1, 0.15) is 5.60 Å². The number of amides is 1. The van der Waals surface area contributed by atoms with Crippen molar-refractivity contribution < 1.29 is 14.3 Å². The Morgan fingerprint density at radius 2 is 2.05 bits per heavy atom. The lowest BCUT2D eigenvalue weighted by Crippen LogP contribution is -2.27. The van der Waals surface area contributed by atoms with Gasteiger partial charge in [0.2, 0.25) is 6.08 Å². The molecule has 1 amide bonds. The van der Waals surface area contributed by atoms with Crippen molar-refractivity contribution in [3.63, 3.8) is 0 Å². The maximum Gasteiger partial charge on any atom is 0.412 e. The molecule has 0 radical (unpaired) electrons. The van der Waals surface area contributed by atoms with Gasteiger partial charge < -0.3 is 4.74 Å². The van der Waals surface area contributed by atoms with E-state index in [9.17, 15) is 9.59 Å². The molecule has 1 saturated carbocycles. The molecule has 21 heavy (non-hydrogen) atoms. The molecule has 0 atom stereocenters. The van der Waals surface area contributed by atoms with Gasteiger partial charge in [-0.25, -0.2) is 9.59 Å². The molecule has 1 aliphatic carbocycles. The third-order valence-electron chi connectivity index (χ3n) is 3.39. The third-order valence-corrected chi connectivity index (χ3v) is 3.39. The molecular weight excluding hydrogens is 268 g/mol. The molecule has 1 aliphatic rings. The van der Waals surface area contributed by atoms with Gasteiger partial charge in [0.05, 0.1) is 5.54 Å². The van der Waals surface area contributed by atoms with Crippen molar-refractivity contribution in [1.82, 2.24) is 0 Å². The van der Waals surface area contributed by atoms with Crippen LogP contribution >= 0.6 is 0 Å². The quantitative estimate of drug-likeness (QED) is 0.681. The molecule has 1 aromatic rings. The largest absolute Gasteiger partial charge is 0.444 e. The van der Waals surface area contributed by atoms with Crippen molar-refractivity contribution in [1.29, 1.82) is 0 Å². The average Bonchev–Trinajstić information content (AvgIpc) is 3.11. The number of carbonyl (C=O) groups excluding carboxylic acids is 2. The van der Waals surface area contributed by atoms with Gasteiger partial charge in [-0.3, -0.25) is 5.32 Å². The number of aliphatic imine (C=N–C) groups is 1. The highest BCUT2D eigenvalue weighted by Crippen LogP contribution is 2.49. The van der Waals surface area contributed by atoms with Gasteiger partial charge in [0.15, 0.2) is 0 Å². The van der Waals surface area contributed by atoms with Crippen molar-refractivity contribution >= 4 is 17.9 Å². The summed E-state index contributed by atoms with van der Waals surface area (Å²) in [6.07, 6.45) is 2.80. The topological polar surface area (TPSA) is 67.8 Å². The lowest BCUT2D eigenvalue weighted by atomic mass is 10.0. The molecular formula is C16H20N2O3. The number of benzene rings is 1. The summed E-state index contributed by atoms with van der Waals surface area (Å²) in [5.41, 5.74) is 1.53. The SMILES string of the molecule is Cc1ccc(C2(N=C=O)CC2)cc1NC(=O)OC(C)(C)C. The van der Waals surface area contributed by atoms with E-state index in [1.165, 1.54) is 0 Å². The Bertz CT molecular complexity index is 606. The van der Waals surface area contributed by atoms with Crippen molar-refractivity contribution in [2.45, 2.75) is 51.7 Å². The molecule has 0 aromatic heterocycles. The first-order valence-corrected chi connectivity index (χ1v) is 6.96. The summed E-state index contributed by atoms with van der Waals surface area (Å²) < 4.78 is 5.25. The van der Waals surface area contributed by atoms with Crippen LogP contribution in [-0.2, 0) is 15.1 Å². The second-order valence-electron chi connectivity index (χ2n) is 6.39. The van der Waals surface area contributed by atoms with Crippen molar-refractivity contribution in [2.75, 3.05) is 5.32 Å². The lowest BCUT2D eigenvalue weighted by Gasteiger charge is -2.20. The van der Waals surface area contributed by atoms with Crippen LogP contribution in [0, 0.1) is 6.92 Å². The maximum atomic E-state index is 11.9. The number of hydrogen-bond acceptors (Lipinski definition) is 4. The van der Waals surface area contributed by atoms with Crippen LogP contribution in [0.3, 0.4) is 0 Å². The molecule has 1 aromatic carbocycles. The normalized spacial score (nSPS) is 15.8. The lowest BCUT2D eigenvalue weighted by molar-refractivity contribution is 0.0636. The fourth-order valence-corrected chi connectivity index (χ4v) is 2.13. The molecule has 0 aliphatic heterocycles.